The van der Waals surface area contributed by atoms with Crippen LogP contribution in [0, 0.1) is 0 Å². The Hall–Kier alpha value is -2.32. The fourth-order valence-electron chi connectivity index (χ4n) is 2.50. The Morgan fingerprint density at radius 3 is 2.57 bits per heavy atom. The number of nitrogen functional groups attached to an aromatic ring is 1. The highest BCUT2D eigenvalue weighted by Gasteiger charge is 2.12. The summed E-state index contributed by atoms with van der Waals surface area (Å²) in [4.78, 5) is 12.5. The summed E-state index contributed by atoms with van der Waals surface area (Å²) in [7, 11) is 0. The van der Waals surface area contributed by atoms with Crippen LogP contribution in [0.2, 0.25) is 5.02 Å². The zero-order valence-electron chi connectivity index (χ0n) is 11.3. The number of ketones is 1. The van der Waals surface area contributed by atoms with Gasteiger partial charge in [0.15, 0.2) is 5.78 Å². The average molecular weight is 296 g/mol. The molecule has 0 spiro atoms. The number of rotatable bonds is 3. The van der Waals surface area contributed by atoms with E-state index in [1.54, 1.807) is 18.2 Å². The van der Waals surface area contributed by atoms with Crippen LogP contribution in [0.15, 0.2) is 60.7 Å². The molecule has 0 saturated heterocycles. The topological polar surface area (TPSA) is 43.1 Å². The first-order chi connectivity index (χ1) is 10.1. The molecule has 3 aromatic carbocycles. The van der Waals surface area contributed by atoms with E-state index >= 15 is 0 Å². The van der Waals surface area contributed by atoms with Crippen molar-refractivity contribution in [2.24, 2.45) is 0 Å². The van der Waals surface area contributed by atoms with Crippen molar-refractivity contribution in [1.82, 2.24) is 0 Å². The molecule has 0 aliphatic rings. The van der Waals surface area contributed by atoms with Gasteiger partial charge in [-0.05, 0) is 34.5 Å². The highest BCUT2D eigenvalue weighted by molar-refractivity contribution is 6.31. The summed E-state index contributed by atoms with van der Waals surface area (Å²) in [6.45, 7) is 0. The number of Topliss-reactive ketones (excluding diaryl/α,β-unsaturated/α-hetero) is 1. The lowest BCUT2D eigenvalue weighted by molar-refractivity contribution is 0.0994. The summed E-state index contributed by atoms with van der Waals surface area (Å²) in [6, 6.07) is 19.0. The fraction of sp³-hybridized carbons (Fsp3) is 0.0556. The van der Waals surface area contributed by atoms with E-state index in [1.165, 1.54) is 0 Å². The van der Waals surface area contributed by atoms with Gasteiger partial charge in [0, 0.05) is 22.7 Å². The van der Waals surface area contributed by atoms with Crippen LogP contribution in [0.25, 0.3) is 10.8 Å². The largest absolute Gasteiger partial charge is 0.398 e. The predicted molar refractivity (Wildman–Crippen MR) is 87.8 cm³/mol. The van der Waals surface area contributed by atoms with Crippen molar-refractivity contribution < 1.29 is 4.79 Å². The fourth-order valence-corrected chi connectivity index (χ4v) is 2.68. The molecule has 0 amide bonds. The molecular formula is C18H14ClNO. The second-order valence-corrected chi connectivity index (χ2v) is 5.41. The second-order valence-electron chi connectivity index (χ2n) is 4.97. The Balaban J connectivity index is 1.97. The first-order valence-corrected chi connectivity index (χ1v) is 7.08. The molecule has 3 rings (SSSR count). The van der Waals surface area contributed by atoms with Crippen LogP contribution in [0.1, 0.15) is 15.9 Å². The lowest BCUT2D eigenvalue weighted by Crippen LogP contribution is -2.07. The third kappa shape index (κ3) is 2.76. The molecule has 3 heteroatoms. The van der Waals surface area contributed by atoms with Gasteiger partial charge in [0.05, 0.1) is 0 Å². The minimum Gasteiger partial charge on any atom is -0.398 e. The smallest absolute Gasteiger partial charge is 0.169 e. The standard InChI is InChI=1S/C18H14ClNO/c19-14-8-9-16(17(20)11-14)18(21)10-13-6-3-5-12-4-1-2-7-15(12)13/h1-9,11H,10,20H2. The van der Waals surface area contributed by atoms with Crippen molar-refractivity contribution in [3.05, 3.63) is 76.8 Å². The van der Waals surface area contributed by atoms with E-state index < -0.39 is 0 Å². The molecule has 0 aliphatic heterocycles. The Bertz CT molecular complexity index is 821. The SMILES string of the molecule is Nc1cc(Cl)ccc1C(=O)Cc1cccc2ccccc12. The highest BCUT2D eigenvalue weighted by Crippen LogP contribution is 2.23. The molecule has 2 N–H and O–H groups in total. The van der Waals surface area contributed by atoms with E-state index in [9.17, 15) is 4.79 Å². The van der Waals surface area contributed by atoms with Gasteiger partial charge < -0.3 is 5.73 Å². The highest BCUT2D eigenvalue weighted by atomic mass is 35.5. The predicted octanol–water partition coefficient (Wildman–Crippen LogP) is 4.50. The number of fused-ring (bicyclic) bond motifs is 1. The number of hydrogen-bond acceptors (Lipinski definition) is 2. The molecule has 0 saturated carbocycles. The number of carbonyl (C=O) groups excluding carboxylic acids is 1. The van der Waals surface area contributed by atoms with Crippen LogP contribution >= 0.6 is 11.6 Å². The molecule has 0 atom stereocenters. The zero-order chi connectivity index (χ0) is 14.8. The number of benzene rings is 3. The van der Waals surface area contributed by atoms with Crippen LogP contribution in [0.4, 0.5) is 5.69 Å². The Labute approximate surface area is 128 Å². The molecule has 0 heterocycles. The van der Waals surface area contributed by atoms with E-state index in [0.717, 1.165) is 16.3 Å². The van der Waals surface area contributed by atoms with Gasteiger partial charge >= 0.3 is 0 Å². The summed E-state index contributed by atoms with van der Waals surface area (Å²) in [6.07, 6.45) is 0.327. The molecule has 0 unspecified atom stereocenters. The molecule has 0 fully saturated rings. The minimum absolute atomic E-state index is 0.000481. The maximum absolute atomic E-state index is 12.5. The molecule has 104 valence electrons. The maximum Gasteiger partial charge on any atom is 0.169 e. The molecule has 21 heavy (non-hydrogen) atoms. The van der Waals surface area contributed by atoms with E-state index in [0.29, 0.717) is 22.7 Å². The van der Waals surface area contributed by atoms with E-state index in [-0.39, 0.29) is 5.78 Å². The van der Waals surface area contributed by atoms with Crippen LogP contribution in [-0.4, -0.2) is 5.78 Å². The van der Waals surface area contributed by atoms with Crippen LogP contribution in [-0.2, 0) is 6.42 Å². The Morgan fingerprint density at radius 2 is 1.76 bits per heavy atom. The van der Waals surface area contributed by atoms with E-state index in [1.807, 2.05) is 42.5 Å². The third-order valence-electron chi connectivity index (χ3n) is 3.54. The number of nitrogens with two attached hydrogens (primary N) is 1. The molecular weight excluding hydrogens is 282 g/mol. The lowest BCUT2D eigenvalue weighted by Gasteiger charge is -2.08. The minimum atomic E-state index is 0.000481. The van der Waals surface area contributed by atoms with Crippen LogP contribution in [0.5, 0.6) is 0 Å². The van der Waals surface area contributed by atoms with Crippen molar-refractivity contribution in [3.63, 3.8) is 0 Å². The zero-order valence-corrected chi connectivity index (χ0v) is 12.1. The molecule has 0 bridgehead atoms. The van der Waals surface area contributed by atoms with Gasteiger partial charge in [-0.25, -0.2) is 0 Å². The number of hydrogen-bond donors (Lipinski definition) is 1. The van der Waals surface area contributed by atoms with Gasteiger partial charge in [-0.1, -0.05) is 54.1 Å². The monoisotopic (exact) mass is 295 g/mol. The first kappa shape index (κ1) is 13.7. The molecule has 3 aromatic rings. The second kappa shape index (κ2) is 5.58. The van der Waals surface area contributed by atoms with E-state index in [4.69, 9.17) is 17.3 Å². The van der Waals surface area contributed by atoms with Gasteiger partial charge in [0.25, 0.3) is 0 Å². The van der Waals surface area contributed by atoms with Gasteiger partial charge in [-0.2, -0.15) is 0 Å². The molecule has 0 radical (unpaired) electrons. The third-order valence-corrected chi connectivity index (χ3v) is 3.78. The molecule has 2 nitrogen and oxygen atoms in total. The van der Waals surface area contributed by atoms with Crippen molar-refractivity contribution >= 4 is 33.8 Å². The van der Waals surface area contributed by atoms with E-state index in [2.05, 4.69) is 0 Å². The van der Waals surface area contributed by atoms with Crippen molar-refractivity contribution in [3.8, 4) is 0 Å². The summed E-state index contributed by atoms with van der Waals surface area (Å²) < 4.78 is 0. The quantitative estimate of drug-likeness (QED) is 0.571. The summed E-state index contributed by atoms with van der Waals surface area (Å²) in [5.41, 5.74) is 7.83. The number of carbonyl (C=O) groups is 1. The summed E-state index contributed by atoms with van der Waals surface area (Å²) in [5.74, 6) is 0.000481. The van der Waals surface area contributed by atoms with Gasteiger partial charge in [0.1, 0.15) is 0 Å². The normalized spacial score (nSPS) is 10.7. The van der Waals surface area contributed by atoms with Gasteiger partial charge in [0.2, 0.25) is 0 Å². The summed E-state index contributed by atoms with van der Waals surface area (Å²) in [5, 5.41) is 2.77. The average Bonchev–Trinajstić information content (AvgIpc) is 2.47. The van der Waals surface area contributed by atoms with Gasteiger partial charge in [-0.3, -0.25) is 4.79 Å². The van der Waals surface area contributed by atoms with Crippen molar-refractivity contribution in [1.29, 1.82) is 0 Å². The molecule has 0 aliphatic carbocycles. The van der Waals surface area contributed by atoms with Crippen LogP contribution < -0.4 is 5.73 Å². The van der Waals surface area contributed by atoms with Crippen molar-refractivity contribution in [2.45, 2.75) is 6.42 Å². The maximum atomic E-state index is 12.5. The lowest BCUT2D eigenvalue weighted by atomic mass is 9.97. The number of anilines is 1. The molecule has 0 aromatic heterocycles. The Kier molecular flexibility index (Phi) is 3.63. The van der Waals surface area contributed by atoms with Crippen LogP contribution in [0.3, 0.4) is 0 Å². The number of halogens is 1. The van der Waals surface area contributed by atoms with Gasteiger partial charge in [-0.15, -0.1) is 0 Å². The Morgan fingerprint density at radius 1 is 1.00 bits per heavy atom. The first-order valence-electron chi connectivity index (χ1n) is 6.70. The summed E-state index contributed by atoms with van der Waals surface area (Å²) >= 11 is 5.87. The van der Waals surface area contributed by atoms with Crippen molar-refractivity contribution in [2.75, 3.05) is 5.73 Å².